The summed E-state index contributed by atoms with van der Waals surface area (Å²) in [6.07, 6.45) is 0.685. The van der Waals surface area contributed by atoms with Gasteiger partial charge in [0.2, 0.25) is 0 Å². The summed E-state index contributed by atoms with van der Waals surface area (Å²) in [6.45, 7) is 0.495. The number of ether oxygens (including phenoxy) is 1. The van der Waals surface area contributed by atoms with Crippen molar-refractivity contribution in [2.45, 2.75) is 12.2 Å². The molecular weight excluding hydrogens is 256 g/mol. The molecule has 0 saturated heterocycles. The molecule has 0 spiro atoms. The zero-order valence-electron chi connectivity index (χ0n) is 10.1. The molecule has 18 heavy (non-hydrogen) atoms. The lowest BCUT2D eigenvalue weighted by Crippen LogP contribution is -2.07. The van der Waals surface area contributed by atoms with E-state index in [1.807, 2.05) is 0 Å². The van der Waals surface area contributed by atoms with Crippen LogP contribution in [-0.2, 0) is 16.6 Å². The summed E-state index contributed by atoms with van der Waals surface area (Å²) in [5, 5.41) is 10.8. The molecule has 0 aliphatic rings. The summed E-state index contributed by atoms with van der Waals surface area (Å²) in [5.41, 5.74) is 5.89. The maximum absolute atomic E-state index is 11.7. The minimum atomic E-state index is -1.04. The molecular formula is C11H16N2O4S. The Morgan fingerprint density at radius 3 is 2.78 bits per heavy atom. The molecule has 1 aromatic carbocycles. The van der Waals surface area contributed by atoms with Crippen LogP contribution >= 0.6 is 0 Å². The number of hydrogen-bond donors (Lipinski definition) is 1. The van der Waals surface area contributed by atoms with Gasteiger partial charge in [-0.1, -0.05) is 6.07 Å². The quantitative estimate of drug-likeness (QED) is 0.594. The zero-order chi connectivity index (χ0) is 13.5. The van der Waals surface area contributed by atoms with Crippen molar-refractivity contribution in [2.24, 2.45) is 5.73 Å². The van der Waals surface area contributed by atoms with Crippen LogP contribution in [0.2, 0.25) is 0 Å². The molecule has 0 aromatic heterocycles. The maximum Gasteiger partial charge on any atom is 0.311 e. The number of nitrogens with zero attached hydrogens (tertiary/aromatic N) is 1. The van der Waals surface area contributed by atoms with Gasteiger partial charge in [0.25, 0.3) is 0 Å². The minimum Gasteiger partial charge on any atom is -0.490 e. The van der Waals surface area contributed by atoms with E-state index in [-0.39, 0.29) is 11.4 Å². The first-order valence-electron chi connectivity index (χ1n) is 5.44. The van der Waals surface area contributed by atoms with Crippen LogP contribution in [0.3, 0.4) is 0 Å². The average molecular weight is 272 g/mol. The van der Waals surface area contributed by atoms with Crippen LogP contribution in [0.15, 0.2) is 18.2 Å². The third-order valence-corrected chi connectivity index (χ3v) is 3.74. The van der Waals surface area contributed by atoms with Crippen molar-refractivity contribution in [3.05, 3.63) is 33.9 Å². The molecule has 0 aliphatic carbocycles. The molecule has 0 saturated carbocycles. The van der Waals surface area contributed by atoms with E-state index < -0.39 is 15.7 Å². The van der Waals surface area contributed by atoms with E-state index in [0.717, 1.165) is 0 Å². The second-order valence-electron chi connectivity index (χ2n) is 3.69. The van der Waals surface area contributed by atoms with Crippen LogP contribution in [0.5, 0.6) is 5.75 Å². The summed E-state index contributed by atoms with van der Waals surface area (Å²) < 4.78 is 16.6. The van der Waals surface area contributed by atoms with Crippen molar-refractivity contribution in [3.63, 3.8) is 0 Å². The van der Waals surface area contributed by atoms with Crippen LogP contribution in [0.25, 0.3) is 0 Å². The number of hydrogen-bond acceptors (Lipinski definition) is 5. The van der Waals surface area contributed by atoms with Crippen molar-refractivity contribution in [1.29, 1.82) is 0 Å². The van der Waals surface area contributed by atoms with Crippen LogP contribution in [0.4, 0.5) is 5.69 Å². The molecule has 0 fully saturated rings. The highest BCUT2D eigenvalue weighted by atomic mass is 32.2. The van der Waals surface area contributed by atoms with Gasteiger partial charge in [-0.05, 0) is 24.6 Å². The molecule has 1 aromatic rings. The van der Waals surface area contributed by atoms with Gasteiger partial charge in [-0.15, -0.1) is 0 Å². The van der Waals surface area contributed by atoms with Crippen molar-refractivity contribution in [3.8, 4) is 5.75 Å². The fourth-order valence-electron chi connectivity index (χ4n) is 1.47. The van der Waals surface area contributed by atoms with Gasteiger partial charge in [0.1, 0.15) is 0 Å². The van der Waals surface area contributed by atoms with E-state index in [1.54, 1.807) is 6.07 Å². The van der Waals surface area contributed by atoms with Crippen LogP contribution in [0, 0.1) is 10.1 Å². The summed E-state index contributed by atoms with van der Waals surface area (Å²) in [5.74, 6) is 1.01. The number of benzene rings is 1. The number of methoxy groups -OCH3 is 1. The average Bonchev–Trinajstić information content (AvgIpc) is 2.36. The predicted molar refractivity (Wildman–Crippen MR) is 70.0 cm³/mol. The Bertz CT molecular complexity index is 451. The Hall–Kier alpha value is -1.47. The van der Waals surface area contributed by atoms with Gasteiger partial charge < -0.3 is 10.5 Å². The smallest absolute Gasteiger partial charge is 0.311 e. The lowest BCUT2D eigenvalue weighted by Gasteiger charge is -2.05. The highest BCUT2D eigenvalue weighted by molar-refractivity contribution is 7.84. The fourth-order valence-corrected chi connectivity index (χ4v) is 2.65. The van der Waals surface area contributed by atoms with E-state index in [9.17, 15) is 14.3 Å². The largest absolute Gasteiger partial charge is 0.490 e. The highest BCUT2D eigenvalue weighted by Crippen LogP contribution is 2.27. The molecule has 0 radical (unpaired) electrons. The lowest BCUT2D eigenvalue weighted by atomic mass is 10.2. The summed E-state index contributed by atoms with van der Waals surface area (Å²) >= 11 is 0. The fraction of sp³-hybridized carbons (Fsp3) is 0.455. The van der Waals surface area contributed by atoms with Crippen LogP contribution in [0.1, 0.15) is 12.0 Å². The van der Waals surface area contributed by atoms with Gasteiger partial charge in [0, 0.05) is 28.4 Å². The normalized spacial score (nSPS) is 12.1. The standard InChI is InChI=1S/C11H16N2O4S/c1-17-11-4-3-9(7-10(11)13(14)15)8-18(16)6-2-5-12/h3-4,7H,2,5-6,8,12H2,1H3. The molecule has 100 valence electrons. The van der Waals surface area contributed by atoms with E-state index in [1.165, 1.54) is 19.2 Å². The predicted octanol–water partition coefficient (Wildman–Crippen LogP) is 1.20. The van der Waals surface area contributed by atoms with Gasteiger partial charge in [-0.2, -0.15) is 0 Å². The van der Waals surface area contributed by atoms with Gasteiger partial charge >= 0.3 is 5.69 Å². The van der Waals surface area contributed by atoms with E-state index in [2.05, 4.69) is 0 Å². The number of nitro benzene ring substituents is 1. The van der Waals surface area contributed by atoms with Gasteiger partial charge in [0.05, 0.1) is 12.0 Å². The maximum atomic E-state index is 11.7. The first kappa shape index (κ1) is 14.6. The Morgan fingerprint density at radius 1 is 1.50 bits per heavy atom. The summed E-state index contributed by atoms with van der Waals surface area (Å²) in [7, 11) is 0.332. The highest BCUT2D eigenvalue weighted by Gasteiger charge is 2.15. The number of nitrogens with two attached hydrogens (primary N) is 1. The Kier molecular flexibility index (Phi) is 5.73. The first-order chi connectivity index (χ1) is 8.58. The summed E-state index contributed by atoms with van der Waals surface area (Å²) in [4.78, 5) is 10.3. The second kappa shape index (κ2) is 7.07. The third kappa shape index (κ3) is 4.08. The second-order valence-corrected chi connectivity index (χ2v) is 5.27. The molecule has 1 atom stereocenters. The Morgan fingerprint density at radius 2 is 2.22 bits per heavy atom. The molecule has 7 heteroatoms. The van der Waals surface area contributed by atoms with Crippen molar-refractivity contribution >= 4 is 16.5 Å². The minimum absolute atomic E-state index is 0.106. The molecule has 0 aliphatic heterocycles. The van der Waals surface area contributed by atoms with Crippen LogP contribution < -0.4 is 10.5 Å². The molecule has 1 unspecified atom stereocenters. The van der Waals surface area contributed by atoms with Gasteiger partial charge in [-0.3, -0.25) is 14.3 Å². The monoisotopic (exact) mass is 272 g/mol. The van der Waals surface area contributed by atoms with E-state index in [4.69, 9.17) is 10.5 Å². The summed E-state index contributed by atoms with van der Waals surface area (Å²) in [6, 6.07) is 4.61. The lowest BCUT2D eigenvalue weighted by molar-refractivity contribution is -0.385. The Labute approximate surface area is 108 Å². The van der Waals surface area contributed by atoms with Gasteiger partial charge in [0.15, 0.2) is 5.75 Å². The van der Waals surface area contributed by atoms with E-state index in [0.29, 0.717) is 30.0 Å². The van der Waals surface area contributed by atoms with Crippen molar-refractivity contribution < 1.29 is 13.9 Å². The number of rotatable bonds is 7. The zero-order valence-corrected chi connectivity index (χ0v) is 10.9. The molecule has 0 heterocycles. The molecule has 0 bridgehead atoms. The van der Waals surface area contributed by atoms with Crippen LogP contribution in [-0.4, -0.2) is 28.5 Å². The van der Waals surface area contributed by atoms with Gasteiger partial charge in [-0.25, -0.2) is 0 Å². The number of nitro groups is 1. The Balaban J connectivity index is 2.82. The molecule has 1 rings (SSSR count). The molecule has 2 N–H and O–H groups in total. The SMILES string of the molecule is COc1ccc(CS(=O)CCCN)cc1[N+](=O)[O-]. The molecule has 0 amide bonds. The third-order valence-electron chi connectivity index (χ3n) is 2.34. The van der Waals surface area contributed by atoms with Crippen molar-refractivity contribution in [1.82, 2.24) is 0 Å². The van der Waals surface area contributed by atoms with E-state index >= 15 is 0 Å². The topological polar surface area (TPSA) is 95.5 Å². The molecule has 6 nitrogen and oxygen atoms in total. The first-order valence-corrected chi connectivity index (χ1v) is 6.93. The van der Waals surface area contributed by atoms with Crippen molar-refractivity contribution in [2.75, 3.05) is 19.4 Å².